The molecule has 62 heavy (non-hydrogen) atoms. The van der Waals surface area contributed by atoms with E-state index in [1.54, 1.807) is 51.2 Å². The smallest absolute Gasteiger partial charge is 0.404 e. The van der Waals surface area contributed by atoms with Crippen molar-refractivity contribution in [3.63, 3.8) is 0 Å². The summed E-state index contributed by atoms with van der Waals surface area (Å²) in [7, 11) is 0. The van der Waals surface area contributed by atoms with Crippen LogP contribution in [0.4, 0.5) is 4.79 Å². The zero-order valence-electron chi connectivity index (χ0n) is 36.3. The predicted octanol–water partition coefficient (Wildman–Crippen LogP) is 3.51. The van der Waals surface area contributed by atoms with Gasteiger partial charge in [0.2, 0.25) is 0 Å². The second-order valence-electron chi connectivity index (χ2n) is 16.5. The topological polar surface area (TPSA) is 276 Å². The molecule has 16 nitrogen and oxygen atoms in total. The van der Waals surface area contributed by atoms with E-state index in [0.29, 0.717) is 25.7 Å². The van der Waals surface area contributed by atoms with Crippen molar-refractivity contribution in [3.05, 3.63) is 85.1 Å². The van der Waals surface area contributed by atoms with Crippen molar-refractivity contribution in [2.24, 2.45) is 5.92 Å². The average molecular weight is 880 g/mol. The van der Waals surface area contributed by atoms with Crippen molar-refractivity contribution in [1.29, 1.82) is 0 Å². The fraction of sp³-hybridized carbons (Fsp3) is 0.652. The van der Waals surface area contributed by atoms with Crippen LogP contribution in [0.2, 0.25) is 0 Å². The predicted molar refractivity (Wildman–Crippen MR) is 232 cm³/mol. The Bertz CT molecular complexity index is 1490. The average Bonchev–Trinajstić information content (AvgIpc) is 3.19. The quantitative estimate of drug-likeness (QED) is 0.143. The highest BCUT2D eigenvalue weighted by Gasteiger charge is 2.32. The molecular formula is C46H73NO15. The molecule has 2 aliphatic rings. The van der Waals surface area contributed by atoms with Gasteiger partial charge in [0.05, 0.1) is 61.4 Å². The largest absolute Gasteiger partial charge is 0.465 e. The standard InChI is InChI=1S/C46H73NO15/c1-31-32(2)60-43(55)29-36(49)27-35(48)20-22-41(53)42(54)28-37(50)30-46(58,59)26-25-34(47-45(56)57)19-21-38(62-44-24-23-40(52)33(3)61-44)17-15-13-11-9-7-5-4-6-8-10-12-14-16-18-39(31)51/h4-17,31-42,44,47-54,58-59H,18-30H2,1-3H3,(H,56,57)/b5-4+,8-6+,9-7+,12-10+,13-11+,16-14+,17-15+/t31-,32-,33+,34?,35?,36?,37?,38?,39?,40?,41?,42?,44?/m0/s1. The molecule has 2 rings (SSSR count). The number of carbonyl (C=O) groups excluding carboxylic acids is 1. The van der Waals surface area contributed by atoms with E-state index < -0.39 is 116 Å². The van der Waals surface area contributed by atoms with E-state index in [9.17, 15) is 60.7 Å². The molecule has 1 fully saturated rings. The lowest BCUT2D eigenvalue weighted by molar-refractivity contribution is -0.228. The van der Waals surface area contributed by atoms with E-state index in [0.717, 1.165) is 0 Å². The van der Waals surface area contributed by atoms with Crippen LogP contribution in [0, 0.1) is 5.92 Å². The highest BCUT2D eigenvalue weighted by Crippen LogP contribution is 2.26. The zero-order chi connectivity index (χ0) is 46.1. The van der Waals surface area contributed by atoms with Gasteiger partial charge < -0.3 is 70.6 Å². The van der Waals surface area contributed by atoms with Gasteiger partial charge in [-0.25, -0.2) is 4.79 Å². The molecule has 13 atom stereocenters. The van der Waals surface area contributed by atoms with Crippen LogP contribution in [0.1, 0.15) is 104 Å². The van der Waals surface area contributed by atoms with Gasteiger partial charge >= 0.3 is 12.1 Å². The highest BCUT2D eigenvalue weighted by molar-refractivity contribution is 5.70. The first-order valence-corrected chi connectivity index (χ1v) is 21.7. The van der Waals surface area contributed by atoms with Crippen LogP contribution < -0.4 is 5.32 Å². The molecular weight excluding hydrogens is 806 g/mol. The maximum absolute atomic E-state index is 12.5. The van der Waals surface area contributed by atoms with E-state index in [1.165, 1.54) is 0 Å². The number of rotatable bonds is 3. The van der Waals surface area contributed by atoms with E-state index >= 15 is 0 Å². The normalized spacial score (nSPS) is 39.0. The number of hydrogen-bond acceptors (Lipinski definition) is 14. The Morgan fingerprint density at radius 3 is 1.87 bits per heavy atom. The van der Waals surface area contributed by atoms with Crippen LogP contribution in [-0.4, -0.2) is 142 Å². The van der Waals surface area contributed by atoms with Crippen molar-refractivity contribution in [2.75, 3.05) is 0 Å². The fourth-order valence-electron chi connectivity index (χ4n) is 6.96. The number of carboxylic acid groups (broad SMARTS) is 1. The van der Waals surface area contributed by atoms with Crippen molar-refractivity contribution in [2.45, 2.75) is 183 Å². The second-order valence-corrected chi connectivity index (χ2v) is 16.5. The lowest BCUT2D eigenvalue weighted by atomic mass is 9.93. The molecule has 0 bridgehead atoms. The summed E-state index contributed by atoms with van der Waals surface area (Å²) in [5.74, 6) is -3.58. The van der Waals surface area contributed by atoms with Gasteiger partial charge in [-0.05, 0) is 65.2 Å². The third-order valence-corrected chi connectivity index (χ3v) is 10.9. The van der Waals surface area contributed by atoms with Crippen molar-refractivity contribution >= 4 is 12.1 Å². The Labute approximate surface area is 365 Å². The Kier molecular flexibility index (Phi) is 26.2. The molecule has 10 unspecified atom stereocenters. The SMILES string of the molecule is C[C@@H]1OC(=O)CC(O)CC(O)CCC(O)C(O)CC(O)CC(O)(O)CCC(NC(=O)O)CCC(OC2CCC(O)[C@@H](C)O2)/C=C/C=C/C=C/C=C/C=C/C=C/C=C/CC(O)[C@H]1C. The lowest BCUT2D eigenvalue weighted by Gasteiger charge is -2.33. The maximum Gasteiger partial charge on any atom is 0.404 e. The minimum absolute atomic E-state index is 0.0275. The molecule has 1 amide bonds. The van der Waals surface area contributed by atoms with Gasteiger partial charge in [0, 0.05) is 37.6 Å². The minimum atomic E-state index is -2.46. The summed E-state index contributed by atoms with van der Waals surface area (Å²) in [5.41, 5.74) is 0. The summed E-state index contributed by atoms with van der Waals surface area (Å²) in [6, 6.07) is -0.739. The van der Waals surface area contributed by atoms with Crippen LogP contribution in [0.5, 0.6) is 0 Å². The summed E-state index contributed by atoms with van der Waals surface area (Å²) in [5, 5.41) is 107. The van der Waals surface area contributed by atoms with Crippen LogP contribution in [-0.2, 0) is 19.0 Å². The molecule has 11 N–H and O–H groups in total. The third kappa shape index (κ3) is 24.4. The zero-order valence-corrected chi connectivity index (χ0v) is 36.3. The molecule has 0 aromatic heterocycles. The molecule has 1 saturated heterocycles. The Balaban J connectivity index is 2.19. The first kappa shape index (κ1) is 54.6. The first-order chi connectivity index (χ1) is 29.3. The molecule has 0 aliphatic carbocycles. The number of aliphatic hydroxyl groups excluding tert-OH is 7. The van der Waals surface area contributed by atoms with Gasteiger partial charge in [-0.15, -0.1) is 0 Å². The second kappa shape index (κ2) is 29.8. The van der Waals surface area contributed by atoms with Crippen LogP contribution in [0.15, 0.2) is 85.1 Å². The molecule has 352 valence electrons. The van der Waals surface area contributed by atoms with E-state index in [1.807, 2.05) is 54.7 Å². The summed E-state index contributed by atoms with van der Waals surface area (Å²) in [6.45, 7) is 5.14. The van der Waals surface area contributed by atoms with Crippen molar-refractivity contribution in [1.82, 2.24) is 5.32 Å². The number of cyclic esters (lactones) is 1. The molecule has 0 aromatic carbocycles. The van der Waals surface area contributed by atoms with Gasteiger partial charge in [-0.1, -0.05) is 92.0 Å². The number of aliphatic hydroxyl groups is 9. The number of esters is 1. The number of allylic oxidation sites excluding steroid dienone is 12. The summed E-state index contributed by atoms with van der Waals surface area (Å²) >= 11 is 0. The molecule has 0 saturated carbocycles. The van der Waals surface area contributed by atoms with E-state index in [-0.39, 0.29) is 38.5 Å². The highest BCUT2D eigenvalue weighted by atomic mass is 16.7. The van der Waals surface area contributed by atoms with Gasteiger partial charge in [0.1, 0.15) is 6.10 Å². The lowest BCUT2D eigenvalue weighted by Crippen LogP contribution is -2.41. The molecule has 0 radical (unpaired) electrons. The van der Waals surface area contributed by atoms with E-state index in [4.69, 9.17) is 14.2 Å². The first-order valence-electron chi connectivity index (χ1n) is 21.7. The van der Waals surface area contributed by atoms with Gasteiger partial charge in [0.25, 0.3) is 0 Å². The maximum atomic E-state index is 12.5. The molecule has 0 aromatic rings. The van der Waals surface area contributed by atoms with Crippen molar-refractivity contribution in [3.8, 4) is 0 Å². The fourth-order valence-corrected chi connectivity index (χ4v) is 6.96. The minimum Gasteiger partial charge on any atom is -0.465 e. The number of carbonyl (C=O) groups is 2. The molecule has 0 spiro atoms. The summed E-state index contributed by atoms with van der Waals surface area (Å²) in [6.07, 6.45) is 13.3. The van der Waals surface area contributed by atoms with E-state index in [2.05, 4.69) is 5.32 Å². The summed E-state index contributed by atoms with van der Waals surface area (Å²) < 4.78 is 17.5. The van der Waals surface area contributed by atoms with Gasteiger partial charge in [0.15, 0.2) is 12.1 Å². The molecule has 2 aliphatic heterocycles. The van der Waals surface area contributed by atoms with Crippen molar-refractivity contribution < 1.29 is 74.9 Å². The number of hydrogen-bond donors (Lipinski definition) is 11. The Hall–Kier alpha value is -3.52. The molecule has 2 heterocycles. The third-order valence-electron chi connectivity index (χ3n) is 10.9. The Morgan fingerprint density at radius 1 is 0.661 bits per heavy atom. The van der Waals surface area contributed by atoms with Crippen LogP contribution >= 0.6 is 0 Å². The monoisotopic (exact) mass is 879 g/mol. The number of ether oxygens (including phenoxy) is 3. The number of nitrogens with one attached hydrogen (secondary N) is 1. The Morgan fingerprint density at radius 2 is 1.26 bits per heavy atom. The van der Waals surface area contributed by atoms with Gasteiger partial charge in [-0.2, -0.15) is 0 Å². The van der Waals surface area contributed by atoms with Gasteiger partial charge in [-0.3, -0.25) is 4.79 Å². The van der Waals surface area contributed by atoms with Crippen LogP contribution in [0.3, 0.4) is 0 Å². The summed E-state index contributed by atoms with van der Waals surface area (Å²) in [4.78, 5) is 24.2. The van der Waals surface area contributed by atoms with Crippen LogP contribution in [0.25, 0.3) is 0 Å². The number of amides is 1. The molecule has 16 heteroatoms.